The van der Waals surface area contributed by atoms with Crippen molar-refractivity contribution in [1.29, 1.82) is 0 Å². The van der Waals surface area contributed by atoms with Gasteiger partial charge in [-0.1, -0.05) is 6.08 Å². The molecule has 0 aliphatic heterocycles. The first-order valence-electron chi connectivity index (χ1n) is 4.70. The quantitative estimate of drug-likeness (QED) is 0.405. The first kappa shape index (κ1) is 12.8. The van der Waals surface area contributed by atoms with E-state index in [2.05, 4.69) is 15.8 Å². The SMILES string of the molecule is CC=C(C)NOC(=NC)NC(C)(C)C. The van der Waals surface area contributed by atoms with Gasteiger partial charge in [-0.3, -0.25) is 0 Å². The molecule has 0 bridgehead atoms. The summed E-state index contributed by atoms with van der Waals surface area (Å²) < 4.78 is 0. The highest BCUT2D eigenvalue weighted by molar-refractivity contribution is 5.73. The third-order valence-corrected chi connectivity index (χ3v) is 1.43. The molecule has 0 saturated heterocycles. The summed E-state index contributed by atoms with van der Waals surface area (Å²) >= 11 is 0. The molecule has 0 aliphatic rings. The monoisotopic (exact) mass is 199 g/mol. The molecule has 0 aliphatic carbocycles. The van der Waals surface area contributed by atoms with Gasteiger partial charge in [0.15, 0.2) is 0 Å². The maximum atomic E-state index is 5.24. The molecule has 0 aromatic carbocycles. The summed E-state index contributed by atoms with van der Waals surface area (Å²) in [4.78, 5) is 9.21. The van der Waals surface area contributed by atoms with Crippen LogP contribution in [0.2, 0.25) is 0 Å². The number of amidine groups is 1. The standard InChI is InChI=1S/C10H21N3O/c1-7-8(2)13-14-9(11-6)12-10(3,4)5/h7,13H,1-6H3,(H,11,12). The third kappa shape index (κ3) is 6.34. The van der Waals surface area contributed by atoms with Crippen LogP contribution in [0.15, 0.2) is 16.8 Å². The first-order chi connectivity index (χ1) is 6.39. The second-order valence-corrected chi connectivity index (χ2v) is 4.08. The van der Waals surface area contributed by atoms with Gasteiger partial charge in [-0.2, -0.15) is 0 Å². The molecule has 0 saturated carbocycles. The molecule has 0 aromatic heterocycles. The van der Waals surface area contributed by atoms with Crippen molar-refractivity contribution in [2.75, 3.05) is 7.05 Å². The van der Waals surface area contributed by atoms with Crippen molar-refractivity contribution >= 4 is 6.02 Å². The molecule has 0 aromatic rings. The van der Waals surface area contributed by atoms with Crippen LogP contribution >= 0.6 is 0 Å². The van der Waals surface area contributed by atoms with Crippen LogP contribution in [0.25, 0.3) is 0 Å². The fraction of sp³-hybridized carbons (Fsp3) is 0.700. The smallest absolute Gasteiger partial charge is 0.312 e. The molecule has 0 spiro atoms. The molecule has 2 N–H and O–H groups in total. The highest BCUT2D eigenvalue weighted by atomic mass is 16.7. The minimum absolute atomic E-state index is 0.0552. The predicted octanol–water partition coefficient (Wildman–Crippen LogP) is 1.81. The van der Waals surface area contributed by atoms with E-state index in [1.54, 1.807) is 7.05 Å². The lowest BCUT2D eigenvalue weighted by atomic mass is 10.1. The highest BCUT2D eigenvalue weighted by Crippen LogP contribution is 1.98. The van der Waals surface area contributed by atoms with Gasteiger partial charge in [-0.05, 0) is 34.6 Å². The largest absolute Gasteiger partial charge is 0.343 e. The molecule has 0 rings (SSSR count). The Morgan fingerprint density at radius 2 is 1.93 bits per heavy atom. The molecule has 0 amide bonds. The van der Waals surface area contributed by atoms with Crippen molar-refractivity contribution in [3.8, 4) is 0 Å². The van der Waals surface area contributed by atoms with Crippen molar-refractivity contribution < 1.29 is 4.84 Å². The van der Waals surface area contributed by atoms with E-state index in [-0.39, 0.29) is 5.54 Å². The molecule has 82 valence electrons. The summed E-state index contributed by atoms with van der Waals surface area (Å²) in [6.07, 6.45) is 1.92. The zero-order valence-electron chi connectivity index (χ0n) is 9.93. The molecular weight excluding hydrogens is 178 g/mol. The number of rotatable bonds is 2. The number of nitrogens with one attached hydrogen (secondary N) is 2. The summed E-state index contributed by atoms with van der Waals surface area (Å²) in [6.45, 7) is 9.99. The second kappa shape index (κ2) is 5.52. The van der Waals surface area contributed by atoms with Gasteiger partial charge in [-0.25, -0.2) is 10.5 Å². The van der Waals surface area contributed by atoms with Gasteiger partial charge in [0, 0.05) is 18.3 Å². The number of hydrogen-bond acceptors (Lipinski definition) is 3. The summed E-state index contributed by atoms with van der Waals surface area (Å²) in [5.41, 5.74) is 3.66. The van der Waals surface area contributed by atoms with E-state index in [9.17, 15) is 0 Å². The lowest BCUT2D eigenvalue weighted by molar-refractivity contribution is 0.194. The lowest BCUT2D eigenvalue weighted by Gasteiger charge is -2.22. The van der Waals surface area contributed by atoms with Gasteiger partial charge in [0.25, 0.3) is 0 Å². The Balaban J connectivity index is 4.07. The van der Waals surface area contributed by atoms with Crippen LogP contribution in [-0.2, 0) is 4.84 Å². The van der Waals surface area contributed by atoms with E-state index in [1.165, 1.54) is 0 Å². The average molecular weight is 199 g/mol. The van der Waals surface area contributed by atoms with Gasteiger partial charge >= 0.3 is 6.02 Å². The van der Waals surface area contributed by atoms with Crippen LogP contribution in [-0.4, -0.2) is 18.6 Å². The second-order valence-electron chi connectivity index (χ2n) is 4.08. The van der Waals surface area contributed by atoms with Gasteiger partial charge < -0.3 is 10.2 Å². The molecule has 0 atom stereocenters. The number of hydroxylamine groups is 1. The molecule has 14 heavy (non-hydrogen) atoms. The van der Waals surface area contributed by atoms with E-state index >= 15 is 0 Å². The number of nitrogens with zero attached hydrogens (tertiary/aromatic N) is 1. The molecular formula is C10H21N3O. The fourth-order valence-electron chi connectivity index (χ4n) is 0.636. The van der Waals surface area contributed by atoms with Gasteiger partial charge in [0.05, 0.1) is 0 Å². The zero-order valence-corrected chi connectivity index (χ0v) is 9.93. The van der Waals surface area contributed by atoms with E-state index < -0.39 is 0 Å². The molecule has 0 radical (unpaired) electrons. The Morgan fingerprint density at radius 1 is 1.36 bits per heavy atom. The highest BCUT2D eigenvalue weighted by Gasteiger charge is 2.12. The summed E-state index contributed by atoms with van der Waals surface area (Å²) in [5, 5.41) is 3.12. The van der Waals surface area contributed by atoms with Crippen LogP contribution in [0.1, 0.15) is 34.6 Å². The summed E-state index contributed by atoms with van der Waals surface area (Å²) in [5.74, 6) is 0. The number of hydrogen-bond donors (Lipinski definition) is 2. The van der Waals surface area contributed by atoms with Crippen LogP contribution < -0.4 is 10.8 Å². The van der Waals surface area contributed by atoms with Gasteiger partial charge in [0.1, 0.15) is 0 Å². The summed E-state index contributed by atoms with van der Waals surface area (Å²) in [6, 6.07) is 0.485. The summed E-state index contributed by atoms with van der Waals surface area (Å²) in [7, 11) is 1.68. The molecule has 0 heterocycles. The van der Waals surface area contributed by atoms with Crippen LogP contribution in [0.5, 0.6) is 0 Å². The Labute approximate surface area is 86.4 Å². The minimum atomic E-state index is -0.0552. The van der Waals surface area contributed by atoms with Crippen molar-refractivity contribution in [2.45, 2.75) is 40.2 Å². The van der Waals surface area contributed by atoms with E-state index in [1.807, 2.05) is 40.7 Å². The number of aliphatic imine (C=N–C) groups is 1. The van der Waals surface area contributed by atoms with Gasteiger partial charge in [-0.15, -0.1) is 0 Å². The van der Waals surface area contributed by atoms with E-state index in [0.29, 0.717) is 6.02 Å². The van der Waals surface area contributed by atoms with Crippen molar-refractivity contribution in [3.63, 3.8) is 0 Å². The van der Waals surface area contributed by atoms with Crippen LogP contribution in [0, 0.1) is 0 Å². The van der Waals surface area contributed by atoms with Crippen molar-refractivity contribution in [2.24, 2.45) is 4.99 Å². The third-order valence-electron chi connectivity index (χ3n) is 1.43. The van der Waals surface area contributed by atoms with E-state index in [4.69, 9.17) is 4.84 Å². The zero-order chi connectivity index (χ0) is 11.2. The molecule has 4 nitrogen and oxygen atoms in total. The molecule has 0 unspecified atom stereocenters. The van der Waals surface area contributed by atoms with Crippen molar-refractivity contribution in [1.82, 2.24) is 10.8 Å². The topological polar surface area (TPSA) is 45.6 Å². The Kier molecular flexibility index (Phi) is 5.05. The lowest BCUT2D eigenvalue weighted by Crippen LogP contribution is -2.43. The minimum Gasteiger partial charge on any atom is -0.343 e. The maximum Gasteiger partial charge on any atom is 0.312 e. The van der Waals surface area contributed by atoms with Crippen LogP contribution in [0.4, 0.5) is 0 Å². The predicted molar refractivity (Wildman–Crippen MR) is 59.9 cm³/mol. The fourth-order valence-corrected chi connectivity index (χ4v) is 0.636. The van der Waals surface area contributed by atoms with E-state index in [0.717, 1.165) is 5.70 Å². The molecule has 0 fully saturated rings. The Hall–Kier alpha value is -1.19. The van der Waals surface area contributed by atoms with Crippen LogP contribution in [0.3, 0.4) is 0 Å². The Morgan fingerprint density at radius 3 is 2.29 bits per heavy atom. The molecule has 4 heteroatoms. The Bertz CT molecular complexity index is 226. The van der Waals surface area contributed by atoms with Crippen molar-refractivity contribution in [3.05, 3.63) is 11.8 Å². The number of allylic oxidation sites excluding steroid dienone is 2. The first-order valence-corrected chi connectivity index (χ1v) is 4.70. The van der Waals surface area contributed by atoms with Gasteiger partial charge in [0.2, 0.25) is 0 Å². The normalized spacial score (nSPS) is 13.9. The maximum absolute atomic E-state index is 5.24. The average Bonchev–Trinajstić information content (AvgIpc) is 2.09.